The molecule has 33 heavy (non-hydrogen) atoms. The van der Waals surface area contributed by atoms with Gasteiger partial charge in [0.05, 0.1) is 23.8 Å². The van der Waals surface area contributed by atoms with E-state index in [-0.39, 0.29) is 24.3 Å². The first-order chi connectivity index (χ1) is 15.6. The van der Waals surface area contributed by atoms with Gasteiger partial charge in [-0.25, -0.2) is 0 Å². The molecule has 3 aliphatic rings. The van der Waals surface area contributed by atoms with E-state index in [2.05, 4.69) is 11.5 Å². The van der Waals surface area contributed by atoms with E-state index in [4.69, 9.17) is 0 Å². The molecular formula is C25H30F3N3O2. The van der Waals surface area contributed by atoms with Crippen LogP contribution >= 0.6 is 0 Å². The van der Waals surface area contributed by atoms with Crippen LogP contribution in [0.25, 0.3) is 0 Å². The van der Waals surface area contributed by atoms with E-state index in [0.29, 0.717) is 12.8 Å². The van der Waals surface area contributed by atoms with Crippen molar-refractivity contribution < 1.29 is 23.1 Å². The summed E-state index contributed by atoms with van der Waals surface area (Å²) in [5, 5.41) is 11.7. The number of para-hydroxylation sites is 1. The van der Waals surface area contributed by atoms with Crippen LogP contribution in [-0.4, -0.2) is 41.3 Å². The number of halogens is 3. The molecule has 0 unspecified atom stereocenters. The highest BCUT2D eigenvalue weighted by molar-refractivity contribution is 5.84. The number of hydrogen-bond donors (Lipinski definition) is 2. The lowest BCUT2D eigenvalue weighted by Gasteiger charge is -2.33. The van der Waals surface area contributed by atoms with Gasteiger partial charge in [-0.1, -0.05) is 39.0 Å². The van der Waals surface area contributed by atoms with Crippen molar-refractivity contribution in [1.29, 1.82) is 0 Å². The summed E-state index contributed by atoms with van der Waals surface area (Å²) in [6.45, 7) is 5.19. The third kappa shape index (κ3) is 4.53. The van der Waals surface area contributed by atoms with Crippen molar-refractivity contribution >= 4 is 11.6 Å². The Morgan fingerprint density at radius 2 is 1.94 bits per heavy atom. The summed E-state index contributed by atoms with van der Waals surface area (Å²) >= 11 is 0. The summed E-state index contributed by atoms with van der Waals surface area (Å²) in [4.78, 5) is 14.7. The fourth-order valence-corrected chi connectivity index (χ4v) is 5.07. The van der Waals surface area contributed by atoms with Crippen molar-refractivity contribution in [2.45, 2.75) is 45.9 Å². The zero-order valence-electron chi connectivity index (χ0n) is 19.1. The maximum atomic E-state index is 13.5. The summed E-state index contributed by atoms with van der Waals surface area (Å²) in [5.41, 5.74) is 8.46. The normalized spacial score (nSPS) is 23.1. The Labute approximate surface area is 192 Å². The van der Waals surface area contributed by atoms with Crippen LogP contribution in [0, 0.1) is 17.8 Å². The number of hydrazine groups is 1. The number of aliphatic hydroxyl groups excluding tert-OH is 1. The minimum Gasteiger partial charge on any atom is -0.382 e. The Bertz CT molecular complexity index is 998. The molecule has 4 rings (SSSR count). The maximum Gasteiger partial charge on any atom is 0.416 e. The molecule has 0 saturated heterocycles. The maximum absolute atomic E-state index is 13.5. The fraction of sp³-hybridized carbons (Fsp3) is 0.480. The number of rotatable bonds is 6. The second-order valence-corrected chi connectivity index (χ2v) is 9.42. The second-order valence-electron chi connectivity index (χ2n) is 9.42. The van der Waals surface area contributed by atoms with Gasteiger partial charge in [0.2, 0.25) is 5.91 Å². The van der Waals surface area contributed by atoms with Gasteiger partial charge in [0.15, 0.2) is 6.10 Å². The lowest BCUT2D eigenvalue weighted by Crippen LogP contribution is -2.47. The van der Waals surface area contributed by atoms with Gasteiger partial charge < -0.3 is 15.4 Å². The van der Waals surface area contributed by atoms with Crippen LogP contribution in [0.4, 0.5) is 18.9 Å². The van der Waals surface area contributed by atoms with E-state index < -0.39 is 24.7 Å². The number of carbonyl (C=O) groups excluding carboxylic acids is 1. The highest BCUT2D eigenvalue weighted by atomic mass is 19.4. The zero-order chi connectivity index (χ0) is 23.9. The minimum atomic E-state index is -4.76. The van der Waals surface area contributed by atoms with Crippen LogP contribution < -0.4 is 10.4 Å². The molecule has 1 aromatic carbocycles. The summed E-state index contributed by atoms with van der Waals surface area (Å²) in [5.74, 6) is -0.849. The molecule has 3 atom stereocenters. The number of allylic oxidation sites excluding steroid dienone is 3. The van der Waals surface area contributed by atoms with Crippen LogP contribution in [-0.2, 0) is 4.79 Å². The largest absolute Gasteiger partial charge is 0.416 e. The number of carbonyl (C=O) groups is 1. The number of benzene rings is 1. The minimum absolute atomic E-state index is 0.0133. The molecule has 0 spiro atoms. The van der Waals surface area contributed by atoms with Gasteiger partial charge in [-0.3, -0.25) is 9.80 Å². The van der Waals surface area contributed by atoms with Crippen molar-refractivity contribution in [1.82, 2.24) is 10.3 Å². The van der Waals surface area contributed by atoms with Crippen LogP contribution in [0.15, 0.2) is 65.0 Å². The van der Waals surface area contributed by atoms with Crippen LogP contribution in [0.2, 0.25) is 0 Å². The van der Waals surface area contributed by atoms with E-state index in [1.165, 1.54) is 4.90 Å². The van der Waals surface area contributed by atoms with Gasteiger partial charge in [-0.2, -0.15) is 13.2 Å². The Morgan fingerprint density at radius 1 is 1.24 bits per heavy atom. The van der Waals surface area contributed by atoms with E-state index in [9.17, 15) is 23.1 Å². The quantitative estimate of drug-likeness (QED) is 0.653. The van der Waals surface area contributed by atoms with Crippen LogP contribution in [0.3, 0.4) is 0 Å². The highest BCUT2D eigenvalue weighted by Crippen LogP contribution is 2.48. The summed E-state index contributed by atoms with van der Waals surface area (Å²) in [7, 11) is 0. The molecule has 0 fully saturated rings. The van der Waals surface area contributed by atoms with Gasteiger partial charge in [0.1, 0.15) is 0 Å². The van der Waals surface area contributed by atoms with E-state index in [0.717, 1.165) is 28.1 Å². The smallest absolute Gasteiger partial charge is 0.382 e. The third-order valence-electron chi connectivity index (χ3n) is 6.56. The average Bonchev–Trinajstić information content (AvgIpc) is 3.37. The summed E-state index contributed by atoms with van der Waals surface area (Å²) < 4.78 is 39.1. The van der Waals surface area contributed by atoms with Crippen molar-refractivity contribution in [2.24, 2.45) is 17.8 Å². The summed E-state index contributed by atoms with van der Waals surface area (Å²) in [6.07, 6.45) is -2.00. The Kier molecular flexibility index (Phi) is 6.31. The standard InChI is InChI=1S/C25H30F3N3O2/c1-15(2)13-30(14-22(32)25(26,27)28)24(33)19-10-9-17-11-21-20(16(3)23(17)19)12-29-31(21)18-7-5-4-6-8-18/h4-8,11-12,15-16,19,22,29,32H,9-10,13-14H2,1-3H3/t16-,19-,22+/m0/s1. The molecule has 0 aromatic heterocycles. The van der Waals surface area contributed by atoms with E-state index in [1.54, 1.807) is 0 Å². The fourth-order valence-electron chi connectivity index (χ4n) is 5.07. The third-order valence-corrected chi connectivity index (χ3v) is 6.56. The number of fused-ring (bicyclic) bond motifs is 1. The highest BCUT2D eigenvalue weighted by Gasteiger charge is 2.44. The summed E-state index contributed by atoms with van der Waals surface area (Å²) in [6, 6.07) is 9.91. The molecule has 8 heteroatoms. The lowest BCUT2D eigenvalue weighted by molar-refractivity contribution is -0.208. The van der Waals surface area contributed by atoms with Gasteiger partial charge in [0.25, 0.3) is 0 Å². The Balaban J connectivity index is 1.61. The zero-order valence-corrected chi connectivity index (χ0v) is 19.1. The number of nitrogens with zero attached hydrogens (tertiary/aromatic N) is 2. The first-order valence-electron chi connectivity index (χ1n) is 11.4. The number of anilines is 1. The van der Waals surface area contributed by atoms with E-state index in [1.807, 2.05) is 62.3 Å². The van der Waals surface area contributed by atoms with Crippen molar-refractivity contribution in [3.8, 4) is 0 Å². The molecule has 1 aliphatic heterocycles. The molecule has 1 amide bonds. The van der Waals surface area contributed by atoms with Crippen LogP contribution in [0.5, 0.6) is 0 Å². The van der Waals surface area contributed by atoms with Crippen molar-refractivity contribution in [3.63, 3.8) is 0 Å². The Hall–Kier alpha value is -2.74. The first kappa shape index (κ1) is 23.4. The molecule has 178 valence electrons. The van der Waals surface area contributed by atoms with Crippen molar-refractivity contribution in [2.75, 3.05) is 18.1 Å². The van der Waals surface area contributed by atoms with Crippen LogP contribution in [0.1, 0.15) is 33.6 Å². The molecule has 0 saturated carbocycles. The molecule has 1 heterocycles. The Morgan fingerprint density at radius 3 is 2.58 bits per heavy atom. The SMILES string of the molecule is CC(C)CN(C[C@@H](O)C(F)(F)F)C(=O)[C@H]1CCC2=C1[C@@H](C)C1=CNN(c3ccccc3)C1=C2. The average molecular weight is 462 g/mol. The topological polar surface area (TPSA) is 55.8 Å². The van der Waals surface area contributed by atoms with Gasteiger partial charge >= 0.3 is 6.18 Å². The second kappa shape index (κ2) is 8.89. The van der Waals surface area contributed by atoms with Gasteiger partial charge in [0, 0.05) is 24.2 Å². The molecule has 2 aliphatic carbocycles. The number of aliphatic hydroxyl groups is 1. The van der Waals surface area contributed by atoms with Gasteiger partial charge in [-0.15, -0.1) is 0 Å². The first-order valence-corrected chi connectivity index (χ1v) is 11.4. The molecule has 0 radical (unpaired) electrons. The predicted octanol–water partition coefficient (Wildman–Crippen LogP) is 4.54. The molecule has 2 N–H and O–H groups in total. The molecule has 1 aromatic rings. The van der Waals surface area contributed by atoms with Gasteiger partial charge in [-0.05, 0) is 48.1 Å². The predicted molar refractivity (Wildman–Crippen MR) is 121 cm³/mol. The monoisotopic (exact) mass is 461 g/mol. The number of alkyl halides is 3. The lowest BCUT2D eigenvalue weighted by atomic mass is 9.80. The van der Waals surface area contributed by atoms with Crippen molar-refractivity contribution in [3.05, 3.63) is 65.0 Å². The number of amides is 1. The number of hydrogen-bond acceptors (Lipinski definition) is 4. The van der Waals surface area contributed by atoms with E-state index >= 15 is 0 Å². The molecule has 5 nitrogen and oxygen atoms in total. The number of nitrogens with one attached hydrogen (secondary N) is 1. The molecule has 0 bridgehead atoms. The molecular weight excluding hydrogens is 431 g/mol.